The van der Waals surface area contributed by atoms with Gasteiger partial charge in [-0.15, -0.1) is 0 Å². The fourth-order valence-corrected chi connectivity index (χ4v) is 1.78. The van der Waals surface area contributed by atoms with Gasteiger partial charge in [0.2, 0.25) is 0 Å². The number of rotatable bonds is 4. The van der Waals surface area contributed by atoms with E-state index < -0.39 is 6.61 Å². The highest BCUT2D eigenvalue weighted by Gasteiger charge is 2.26. The van der Waals surface area contributed by atoms with Crippen LogP contribution in [0.3, 0.4) is 0 Å². The smallest absolute Gasteiger partial charge is 0.387 e. The quantitative estimate of drug-likeness (QED) is 0.830. The molecule has 0 amide bonds. The molecule has 0 radical (unpaired) electrons. The summed E-state index contributed by atoms with van der Waals surface area (Å²) in [5, 5.41) is 3.14. The fraction of sp³-hybridized carbons (Fsp3) is 0.455. The first-order valence-electron chi connectivity index (χ1n) is 5.21. The van der Waals surface area contributed by atoms with Crippen LogP contribution in [0.1, 0.15) is 12.8 Å². The molecule has 1 aromatic carbocycles. The lowest BCUT2D eigenvalue weighted by atomic mass is 9.87. The molecule has 3 N–H and O–H groups in total. The predicted octanol–water partition coefficient (Wildman–Crippen LogP) is 2.19. The van der Waals surface area contributed by atoms with Gasteiger partial charge in [-0.2, -0.15) is 8.78 Å². The molecule has 16 heavy (non-hydrogen) atoms. The summed E-state index contributed by atoms with van der Waals surface area (Å²) in [5.41, 5.74) is 6.25. The lowest BCUT2D eigenvalue weighted by Crippen LogP contribution is -2.44. The van der Waals surface area contributed by atoms with Gasteiger partial charge in [0.25, 0.3) is 0 Å². The lowest BCUT2D eigenvalue weighted by molar-refractivity contribution is -0.0494. The van der Waals surface area contributed by atoms with Crippen LogP contribution >= 0.6 is 0 Å². The van der Waals surface area contributed by atoms with Gasteiger partial charge in [-0.1, -0.05) is 12.1 Å². The van der Waals surface area contributed by atoms with Crippen molar-refractivity contribution in [1.29, 1.82) is 0 Å². The van der Waals surface area contributed by atoms with Crippen LogP contribution in [-0.4, -0.2) is 18.7 Å². The SMILES string of the molecule is NC1CC(Nc2ccccc2OC(F)F)C1. The normalized spacial score (nSPS) is 24.0. The number of ether oxygens (including phenoxy) is 1. The number of para-hydroxylation sites is 2. The van der Waals surface area contributed by atoms with Gasteiger partial charge in [0.15, 0.2) is 0 Å². The number of nitrogens with two attached hydrogens (primary N) is 1. The molecule has 1 aromatic rings. The van der Waals surface area contributed by atoms with Gasteiger partial charge >= 0.3 is 6.61 Å². The van der Waals surface area contributed by atoms with Gasteiger partial charge in [-0.3, -0.25) is 0 Å². The zero-order valence-electron chi connectivity index (χ0n) is 8.70. The maximum Gasteiger partial charge on any atom is 0.387 e. The Balaban J connectivity index is 2.01. The van der Waals surface area contributed by atoms with Gasteiger partial charge in [0.1, 0.15) is 5.75 Å². The average Bonchev–Trinajstić information content (AvgIpc) is 2.17. The second kappa shape index (κ2) is 4.65. The van der Waals surface area contributed by atoms with Crippen molar-refractivity contribution < 1.29 is 13.5 Å². The fourth-order valence-electron chi connectivity index (χ4n) is 1.78. The first kappa shape index (κ1) is 11.1. The zero-order valence-corrected chi connectivity index (χ0v) is 8.70. The molecule has 0 aromatic heterocycles. The molecule has 1 fully saturated rings. The van der Waals surface area contributed by atoms with E-state index in [0.29, 0.717) is 5.69 Å². The number of alkyl halides is 2. The summed E-state index contributed by atoms with van der Waals surface area (Å²) in [5.74, 6) is 0.179. The maximum atomic E-state index is 12.1. The van der Waals surface area contributed by atoms with E-state index in [1.165, 1.54) is 6.07 Å². The molecule has 0 unspecified atom stereocenters. The van der Waals surface area contributed by atoms with Crippen LogP contribution in [0.5, 0.6) is 5.75 Å². The molecule has 0 heterocycles. The minimum Gasteiger partial charge on any atom is -0.433 e. The van der Waals surface area contributed by atoms with E-state index in [0.717, 1.165) is 12.8 Å². The molecule has 3 nitrogen and oxygen atoms in total. The highest BCUT2D eigenvalue weighted by molar-refractivity contribution is 5.57. The molecule has 88 valence electrons. The Kier molecular flexibility index (Phi) is 3.24. The molecule has 5 heteroatoms. The van der Waals surface area contributed by atoms with E-state index in [1.807, 2.05) is 0 Å². The Morgan fingerprint density at radius 1 is 1.31 bits per heavy atom. The summed E-state index contributed by atoms with van der Waals surface area (Å²) < 4.78 is 28.7. The monoisotopic (exact) mass is 228 g/mol. The van der Waals surface area contributed by atoms with Crippen molar-refractivity contribution in [2.45, 2.75) is 31.5 Å². The Hall–Kier alpha value is -1.36. The Bertz CT molecular complexity index is 354. The molecule has 1 saturated carbocycles. The van der Waals surface area contributed by atoms with Crippen molar-refractivity contribution in [2.24, 2.45) is 5.73 Å². The summed E-state index contributed by atoms with van der Waals surface area (Å²) in [6.45, 7) is -2.80. The average molecular weight is 228 g/mol. The van der Waals surface area contributed by atoms with Gasteiger partial charge in [-0.05, 0) is 25.0 Å². The second-order valence-corrected chi connectivity index (χ2v) is 3.95. The Labute approximate surface area is 92.6 Å². The lowest BCUT2D eigenvalue weighted by Gasteiger charge is -2.34. The summed E-state index contributed by atoms with van der Waals surface area (Å²) in [6, 6.07) is 7.17. The molecule has 0 aliphatic heterocycles. The van der Waals surface area contributed by atoms with Crippen LogP contribution in [0.4, 0.5) is 14.5 Å². The predicted molar refractivity (Wildman–Crippen MR) is 57.7 cm³/mol. The highest BCUT2D eigenvalue weighted by Crippen LogP contribution is 2.30. The van der Waals surface area contributed by atoms with Gasteiger partial charge in [0, 0.05) is 12.1 Å². The molecule has 1 aliphatic rings. The second-order valence-electron chi connectivity index (χ2n) is 3.95. The molecule has 0 atom stereocenters. The highest BCUT2D eigenvalue weighted by atomic mass is 19.3. The van der Waals surface area contributed by atoms with Crippen LogP contribution in [0, 0.1) is 0 Å². The molecule has 0 bridgehead atoms. The van der Waals surface area contributed by atoms with Gasteiger partial charge in [0.05, 0.1) is 5.69 Å². The molecule has 0 spiro atoms. The number of hydrogen-bond acceptors (Lipinski definition) is 3. The van der Waals surface area contributed by atoms with Crippen LogP contribution in [-0.2, 0) is 0 Å². The minimum atomic E-state index is -2.80. The number of halogens is 2. The van der Waals surface area contributed by atoms with Crippen LogP contribution in [0.15, 0.2) is 24.3 Å². The van der Waals surface area contributed by atoms with Crippen molar-refractivity contribution in [3.8, 4) is 5.75 Å². The Morgan fingerprint density at radius 2 is 2.00 bits per heavy atom. The van der Waals surface area contributed by atoms with Gasteiger partial charge in [-0.25, -0.2) is 0 Å². The van der Waals surface area contributed by atoms with E-state index in [-0.39, 0.29) is 17.8 Å². The maximum absolute atomic E-state index is 12.1. The first-order chi connectivity index (χ1) is 7.65. The molecular formula is C11H14F2N2O. The van der Waals surface area contributed by atoms with Crippen LogP contribution in [0.25, 0.3) is 0 Å². The third-order valence-electron chi connectivity index (χ3n) is 2.64. The minimum absolute atomic E-state index is 0.179. The van der Waals surface area contributed by atoms with Gasteiger partial charge < -0.3 is 15.8 Å². The largest absolute Gasteiger partial charge is 0.433 e. The number of hydrogen-bond donors (Lipinski definition) is 2. The summed E-state index contributed by atoms with van der Waals surface area (Å²) in [4.78, 5) is 0. The van der Waals surface area contributed by atoms with Crippen molar-refractivity contribution in [2.75, 3.05) is 5.32 Å². The third kappa shape index (κ3) is 2.61. The summed E-state index contributed by atoms with van der Waals surface area (Å²) in [7, 11) is 0. The third-order valence-corrected chi connectivity index (χ3v) is 2.64. The van der Waals surface area contributed by atoms with Crippen LogP contribution in [0.2, 0.25) is 0 Å². The van der Waals surface area contributed by atoms with E-state index in [2.05, 4.69) is 10.1 Å². The zero-order chi connectivity index (χ0) is 11.5. The number of nitrogens with one attached hydrogen (secondary N) is 1. The van der Waals surface area contributed by atoms with Crippen molar-refractivity contribution in [3.63, 3.8) is 0 Å². The molecule has 2 rings (SSSR count). The van der Waals surface area contributed by atoms with Crippen molar-refractivity contribution in [3.05, 3.63) is 24.3 Å². The van der Waals surface area contributed by atoms with E-state index in [1.54, 1.807) is 18.2 Å². The van der Waals surface area contributed by atoms with Crippen molar-refractivity contribution in [1.82, 2.24) is 0 Å². The Morgan fingerprint density at radius 3 is 2.62 bits per heavy atom. The molecule has 1 aliphatic carbocycles. The number of benzene rings is 1. The first-order valence-corrected chi connectivity index (χ1v) is 5.21. The molecule has 0 saturated heterocycles. The summed E-state index contributed by atoms with van der Waals surface area (Å²) in [6.07, 6.45) is 1.73. The topological polar surface area (TPSA) is 47.3 Å². The van der Waals surface area contributed by atoms with Crippen LogP contribution < -0.4 is 15.8 Å². The van der Waals surface area contributed by atoms with E-state index in [4.69, 9.17) is 5.73 Å². The van der Waals surface area contributed by atoms with Crippen molar-refractivity contribution >= 4 is 5.69 Å². The summed E-state index contributed by atoms with van der Waals surface area (Å²) >= 11 is 0. The van der Waals surface area contributed by atoms with E-state index in [9.17, 15) is 8.78 Å². The standard InChI is InChI=1S/C11H14F2N2O/c12-11(13)16-10-4-2-1-3-9(10)15-8-5-7(14)6-8/h1-4,7-8,11,15H,5-6,14H2. The molecular weight excluding hydrogens is 214 g/mol. The number of anilines is 1. The van der Waals surface area contributed by atoms with E-state index >= 15 is 0 Å².